The first kappa shape index (κ1) is 22.1. The second-order valence-corrected chi connectivity index (χ2v) is 6.53. The van der Waals surface area contributed by atoms with Crippen molar-refractivity contribution < 1.29 is 4.79 Å². The standard InChI is InChI=1S/C20H40N2O/c1-4-7-9-11-13-15-18-22(20(23)21-17-6-3)19-16-14-12-10-8-5-2/h17H,4-16,18-19H2,1-3H3. The van der Waals surface area contributed by atoms with Gasteiger partial charge in [-0.05, 0) is 19.3 Å². The van der Waals surface area contributed by atoms with Gasteiger partial charge in [0.1, 0.15) is 0 Å². The lowest BCUT2D eigenvalue weighted by molar-refractivity contribution is 0.205. The van der Waals surface area contributed by atoms with Gasteiger partial charge in [-0.1, -0.05) is 85.0 Å². The Labute approximate surface area is 144 Å². The van der Waals surface area contributed by atoms with Crippen LogP contribution in [0.5, 0.6) is 0 Å². The van der Waals surface area contributed by atoms with Gasteiger partial charge in [0.15, 0.2) is 0 Å². The molecule has 3 nitrogen and oxygen atoms in total. The summed E-state index contributed by atoms with van der Waals surface area (Å²) in [6.07, 6.45) is 17.8. The molecule has 0 bridgehead atoms. The number of nitrogens with zero attached hydrogens (tertiary/aromatic N) is 2. The first-order valence-electron chi connectivity index (χ1n) is 10.1. The molecule has 136 valence electrons. The summed E-state index contributed by atoms with van der Waals surface area (Å²) < 4.78 is 0. The van der Waals surface area contributed by atoms with Crippen molar-refractivity contribution in [2.45, 2.75) is 104 Å². The maximum absolute atomic E-state index is 12.2. The van der Waals surface area contributed by atoms with E-state index >= 15 is 0 Å². The van der Waals surface area contributed by atoms with E-state index in [1.165, 1.54) is 64.2 Å². The zero-order chi connectivity index (χ0) is 17.2. The van der Waals surface area contributed by atoms with Crippen molar-refractivity contribution in [1.82, 2.24) is 4.90 Å². The van der Waals surface area contributed by atoms with Crippen molar-refractivity contribution in [3.05, 3.63) is 0 Å². The van der Waals surface area contributed by atoms with Crippen LogP contribution in [-0.2, 0) is 0 Å². The number of aliphatic imine (C=N–C) groups is 1. The minimum absolute atomic E-state index is 0.0334. The molecule has 0 heterocycles. The third-order valence-electron chi connectivity index (χ3n) is 4.22. The smallest absolute Gasteiger partial charge is 0.323 e. The average molecular weight is 325 g/mol. The van der Waals surface area contributed by atoms with E-state index < -0.39 is 0 Å². The van der Waals surface area contributed by atoms with Gasteiger partial charge in [0.05, 0.1) is 0 Å². The van der Waals surface area contributed by atoms with Crippen LogP contribution in [0.1, 0.15) is 104 Å². The maximum Gasteiger partial charge on any atom is 0.343 e. The molecule has 0 saturated heterocycles. The average Bonchev–Trinajstić information content (AvgIpc) is 2.56. The molecule has 0 rings (SSSR count). The Morgan fingerprint density at radius 1 is 0.739 bits per heavy atom. The number of unbranched alkanes of at least 4 members (excludes halogenated alkanes) is 10. The Kier molecular flexibility index (Phi) is 16.8. The summed E-state index contributed by atoms with van der Waals surface area (Å²) in [7, 11) is 0. The summed E-state index contributed by atoms with van der Waals surface area (Å²) in [4.78, 5) is 18.2. The van der Waals surface area contributed by atoms with Crippen molar-refractivity contribution in [1.29, 1.82) is 0 Å². The number of hydrogen-bond donors (Lipinski definition) is 0. The molecule has 0 aliphatic carbocycles. The summed E-state index contributed by atoms with van der Waals surface area (Å²) in [6, 6.07) is -0.0334. The number of rotatable bonds is 15. The molecule has 0 aromatic rings. The topological polar surface area (TPSA) is 32.7 Å². The van der Waals surface area contributed by atoms with Crippen LogP contribution in [0.25, 0.3) is 0 Å². The zero-order valence-corrected chi connectivity index (χ0v) is 16.0. The van der Waals surface area contributed by atoms with Gasteiger partial charge in [0, 0.05) is 19.3 Å². The summed E-state index contributed by atoms with van der Waals surface area (Å²) in [5.41, 5.74) is 0. The van der Waals surface area contributed by atoms with Crippen LogP contribution >= 0.6 is 0 Å². The van der Waals surface area contributed by atoms with Crippen molar-refractivity contribution in [2.75, 3.05) is 13.1 Å². The molecular weight excluding hydrogens is 284 g/mol. The van der Waals surface area contributed by atoms with E-state index in [9.17, 15) is 4.79 Å². The normalized spacial score (nSPS) is 11.3. The number of amides is 2. The molecule has 0 aromatic heterocycles. The van der Waals surface area contributed by atoms with Crippen LogP contribution in [0, 0.1) is 0 Å². The monoisotopic (exact) mass is 324 g/mol. The van der Waals surface area contributed by atoms with Gasteiger partial charge < -0.3 is 4.90 Å². The van der Waals surface area contributed by atoms with Gasteiger partial charge in [-0.2, -0.15) is 0 Å². The minimum Gasteiger partial charge on any atom is -0.323 e. The lowest BCUT2D eigenvalue weighted by atomic mass is 10.1. The summed E-state index contributed by atoms with van der Waals surface area (Å²) in [5.74, 6) is 0. The molecule has 0 aromatic carbocycles. The molecule has 0 radical (unpaired) electrons. The second kappa shape index (κ2) is 17.5. The van der Waals surface area contributed by atoms with Crippen LogP contribution in [0.4, 0.5) is 4.79 Å². The maximum atomic E-state index is 12.2. The van der Waals surface area contributed by atoms with E-state index in [1.54, 1.807) is 6.21 Å². The Morgan fingerprint density at radius 2 is 1.17 bits per heavy atom. The lowest BCUT2D eigenvalue weighted by Gasteiger charge is -2.20. The highest BCUT2D eigenvalue weighted by Gasteiger charge is 2.10. The van der Waals surface area contributed by atoms with Crippen LogP contribution in [0.3, 0.4) is 0 Å². The molecule has 0 fully saturated rings. The first-order chi connectivity index (χ1) is 11.3. The third kappa shape index (κ3) is 14.5. The van der Waals surface area contributed by atoms with E-state index in [0.29, 0.717) is 0 Å². The van der Waals surface area contributed by atoms with Crippen molar-refractivity contribution in [3.63, 3.8) is 0 Å². The number of urea groups is 1. The first-order valence-corrected chi connectivity index (χ1v) is 10.1. The molecular formula is C20H40N2O. The van der Waals surface area contributed by atoms with Gasteiger partial charge >= 0.3 is 6.03 Å². The van der Waals surface area contributed by atoms with Gasteiger partial charge in [-0.15, -0.1) is 0 Å². The highest BCUT2D eigenvalue weighted by molar-refractivity contribution is 5.83. The van der Waals surface area contributed by atoms with E-state index in [0.717, 1.165) is 32.4 Å². The fraction of sp³-hybridized carbons (Fsp3) is 0.900. The highest BCUT2D eigenvalue weighted by Crippen LogP contribution is 2.09. The third-order valence-corrected chi connectivity index (χ3v) is 4.22. The fourth-order valence-electron chi connectivity index (χ4n) is 2.72. The van der Waals surface area contributed by atoms with E-state index in [1.807, 2.05) is 11.8 Å². The Morgan fingerprint density at radius 3 is 1.61 bits per heavy atom. The fourth-order valence-corrected chi connectivity index (χ4v) is 2.72. The number of hydrogen-bond acceptors (Lipinski definition) is 1. The van der Waals surface area contributed by atoms with Gasteiger partial charge in [-0.3, -0.25) is 0 Å². The van der Waals surface area contributed by atoms with E-state index in [2.05, 4.69) is 18.8 Å². The number of carbonyl (C=O) groups excluding carboxylic acids is 1. The van der Waals surface area contributed by atoms with E-state index in [-0.39, 0.29) is 6.03 Å². The Balaban J connectivity index is 3.98. The predicted molar refractivity (Wildman–Crippen MR) is 103 cm³/mol. The predicted octanol–water partition coefficient (Wildman–Crippen LogP) is 6.61. The molecule has 0 aliphatic heterocycles. The van der Waals surface area contributed by atoms with Gasteiger partial charge in [0.25, 0.3) is 0 Å². The van der Waals surface area contributed by atoms with Crippen molar-refractivity contribution >= 4 is 12.2 Å². The Hall–Kier alpha value is -0.860. The molecule has 23 heavy (non-hydrogen) atoms. The number of carbonyl (C=O) groups is 1. The SMILES string of the molecule is CCC=NC(=O)N(CCCCCCCC)CCCCCCCC. The zero-order valence-electron chi connectivity index (χ0n) is 16.0. The van der Waals surface area contributed by atoms with Gasteiger partial charge in [0.2, 0.25) is 0 Å². The summed E-state index contributed by atoms with van der Waals surface area (Å²) in [5, 5.41) is 0. The van der Waals surface area contributed by atoms with Crippen molar-refractivity contribution in [3.8, 4) is 0 Å². The molecule has 3 heteroatoms. The second-order valence-electron chi connectivity index (χ2n) is 6.53. The molecule has 0 saturated carbocycles. The minimum atomic E-state index is -0.0334. The van der Waals surface area contributed by atoms with E-state index in [4.69, 9.17) is 0 Å². The highest BCUT2D eigenvalue weighted by atomic mass is 16.2. The molecule has 0 N–H and O–H groups in total. The molecule has 0 unspecified atom stereocenters. The van der Waals surface area contributed by atoms with Gasteiger partial charge in [-0.25, -0.2) is 9.79 Å². The van der Waals surface area contributed by atoms with Crippen LogP contribution in [0.15, 0.2) is 4.99 Å². The Bertz CT molecular complexity index is 273. The van der Waals surface area contributed by atoms with Crippen LogP contribution in [-0.4, -0.2) is 30.2 Å². The van der Waals surface area contributed by atoms with Crippen LogP contribution in [0.2, 0.25) is 0 Å². The molecule has 0 spiro atoms. The molecule has 0 aliphatic rings. The quantitative estimate of drug-likeness (QED) is 0.246. The summed E-state index contributed by atoms with van der Waals surface area (Å²) in [6.45, 7) is 8.25. The van der Waals surface area contributed by atoms with Crippen LogP contribution < -0.4 is 0 Å². The van der Waals surface area contributed by atoms with Crippen molar-refractivity contribution in [2.24, 2.45) is 4.99 Å². The molecule has 2 amide bonds. The molecule has 0 atom stereocenters. The lowest BCUT2D eigenvalue weighted by Crippen LogP contribution is -2.30. The summed E-state index contributed by atoms with van der Waals surface area (Å²) >= 11 is 0. The largest absolute Gasteiger partial charge is 0.343 e.